The molecule has 0 amide bonds. The van der Waals surface area contributed by atoms with Crippen LogP contribution in [-0.4, -0.2) is 79.3 Å². The van der Waals surface area contributed by atoms with Crippen molar-refractivity contribution < 1.29 is 39.8 Å². The highest BCUT2D eigenvalue weighted by atomic mass is 16.5. The third-order valence-electron chi connectivity index (χ3n) is 6.96. The quantitative estimate of drug-likeness (QED) is 0.366. The molecule has 0 spiro atoms. The van der Waals surface area contributed by atoms with Gasteiger partial charge in [-0.15, -0.1) is 0 Å². The fourth-order valence-electron chi connectivity index (χ4n) is 5.04. The maximum Gasteiger partial charge on any atom is 0.305 e. The molecule has 0 aliphatic carbocycles. The second kappa shape index (κ2) is 10.3. The molecule has 8 heteroatoms. The number of carbonyl (C=O) groups is 1. The molecule has 2 rings (SSSR count). The van der Waals surface area contributed by atoms with E-state index < -0.39 is 47.7 Å². The highest BCUT2D eigenvalue weighted by Crippen LogP contribution is 2.38. The standard InChI is InChI=1S/C24H40O8/c1-13(12-23(5)21(29)15(3)20(28)16(4)32-23)8-7-9-14(2)22-24(6,30)18(25)10-17(31-22)11-19(26)27/h7-9,13,15-18,20-22,25,28-30H,10-12H2,1-6H3,(H,26,27). The first-order chi connectivity index (χ1) is 14.7. The van der Waals surface area contributed by atoms with E-state index in [0.29, 0.717) is 12.0 Å². The summed E-state index contributed by atoms with van der Waals surface area (Å²) in [4.78, 5) is 11.0. The Balaban J connectivity index is 2.07. The van der Waals surface area contributed by atoms with Gasteiger partial charge >= 0.3 is 5.97 Å². The summed E-state index contributed by atoms with van der Waals surface area (Å²) < 4.78 is 11.8. The van der Waals surface area contributed by atoms with Crippen LogP contribution in [0.15, 0.2) is 23.8 Å². The predicted molar refractivity (Wildman–Crippen MR) is 119 cm³/mol. The third-order valence-corrected chi connectivity index (χ3v) is 6.96. The molecule has 10 unspecified atom stereocenters. The van der Waals surface area contributed by atoms with E-state index in [1.54, 1.807) is 19.9 Å². The Morgan fingerprint density at radius 3 is 2.44 bits per heavy atom. The fraction of sp³-hybridized carbons (Fsp3) is 0.792. The normalized spacial score (nSPS) is 44.6. The average Bonchev–Trinajstić information content (AvgIpc) is 2.67. The molecule has 32 heavy (non-hydrogen) atoms. The van der Waals surface area contributed by atoms with Gasteiger partial charge in [-0.1, -0.05) is 32.1 Å². The van der Waals surface area contributed by atoms with Gasteiger partial charge in [-0.25, -0.2) is 0 Å². The van der Waals surface area contributed by atoms with Crippen LogP contribution in [0.1, 0.15) is 60.8 Å². The van der Waals surface area contributed by atoms with Crippen LogP contribution in [0.2, 0.25) is 0 Å². The van der Waals surface area contributed by atoms with E-state index in [-0.39, 0.29) is 30.8 Å². The summed E-state index contributed by atoms with van der Waals surface area (Å²) in [6.45, 7) is 10.7. The van der Waals surface area contributed by atoms with Crippen LogP contribution >= 0.6 is 0 Å². The molecule has 0 radical (unpaired) electrons. The first-order valence-electron chi connectivity index (χ1n) is 11.4. The molecular formula is C24H40O8. The molecule has 0 saturated carbocycles. The molecular weight excluding hydrogens is 416 g/mol. The van der Waals surface area contributed by atoms with Crippen molar-refractivity contribution in [3.63, 3.8) is 0 Å². The molecule has 10 atom stereocenters. The predicted octanol–water partition coefficient (Wildman–Crippen LogP) is 1.79. The van der Waals surface area contributed by atoms with Crippen LogP contribution < -0.4 is 0 Å². The van der Waals surface area contributed by atoms with E-state index in [9.17, 15) is 25.2 Å². The van der Waals surface area contributed by atoms with Crippen LogP contribution in [0.25, 0.3) is 0 Å². The summed E-state index contributed by atoms with van der Waals surface area (Å²) in [7, 11) is 0. The van der Waals surface area contributed by atoms with E-state index in [1.807, 2.05) is 32.9 Å². The van der Waals surface area contributed by atoms with Gasteiger partial charge in [0.1, 0.15) is 11.7 Å². The lowest BCUT2D eigenvalue weighted by Gasteiger charge is -2.48. The third kappa shape index (κ3) is 5.98. The zero-order valence-corrected chi connectivity index (χ0v) is 19.9. The number of hydrogen-bond donors (Lipinski definition) is 5. The Kier molecular flexibility index (Phi) is 8.70. The van der Waals surface area contributed by atoms with E-state index in [1.165, 1.54) is 6.92 Å². The molecule has 0 aromatic heterocycles. The fourth-order valence-corrected chi connectivity index (χ4v) is 5.04. The lowest BCUT2D eigenvalue weighted by Crippen LogP contribution is -2.59. The smallest absolute Gasteiger partial charge is 0.305 e. The number of allylic oxidation sites excluding steroid dienone is 3. The average molecular weight is 457 g/mol. The van der Waals surface area contributed by atoms with Crippen molar-refractivity contribution in [3.8, 4) is 0 Å². The molecule has 8 nitrogen and oxygen atoms in total. The van der Waals surface area contributed by atoms with Crippen molar-refractivity contribution in [2.75, 3.05) is 0 Å². The summed E-state index contributed by atoms with van der Waals surface area (Å²) in [6, 6.07) is 0. The number of carboxylic acid groups (broad SMARTS) is 1. The van der Waals surface area contributed by atoms with Crippen LogP contribution in [0.4, 0.5) is 0 Å². The summed E-state index contributed by atoms with van der Waals surface area (Å²) in [5.41, 5.74) is -1.65. The second-order valence-corrected chi connectivity index (χ2v) is 10.1. The highest BCUT2D eigenvalue weighted by Gasteiger charge is 2.48. The molecule has 2 fully saturated rings. The Hall–Kier alpha value is -1.29. The van der Waals surface area contributed by atoms with E-state index >= 15 is 0 Å². The largest absolute Gasteiger partial charge is 0.481 e. The maximum atomic E-state index is 11.0. The first-order valence-corrected chi connectivity index (χ1v) is 11.4. The van der Waals surface area contributed by atoms with Gasteiger partial charge in [0.15, 0.2) is 0 Å². The van der Waals surface area contributed by atoms with Crippen molar-refractivity contribution in [1.82, 2.24) is 0 Å². The summed E-state index contributed by atoms with van der Waals surface area (Å²) in [6.07, 6.45) is 1.45. The number of aliphatic carboxylic acids is 1. The minimum atomic E-state index is -1.53. The molecule has 2 aliphatic heterocycles. The number of rotatable bonds is 7. The van der Waals surface area contributed by atoms with Crippen LogP contribution in [-0.2, 0) is 14.3 Å². The van der Waals surface area contributed by atoms with Gasteiger partial charge in [0, 0.05) is 12.3 Å². The zero-order valence-electron chi connectivity index (χ0n) is 19.9. The topological polar surface area (TPSA) is 137 Å². The molecule has 2 aliphatic rings. The molecule has 2 saturated heterocycles. The number of aliphatic hydroxyl groups excluding tert-OH is 3. The molecule has 0 aromatic carbocycles. The summed E-state index contributed by atoms with van der Waals surface area (Å²) in [5, 5.41) is 50.9. The Labute approximate surface area is 190 Å². The number of carboxylic acids is 1. The van der Waals surface area contributed by atoms with Gasteiger partial charge < -0.3 is 35.0 Å². The van der Waals surface area contributed by atoms with Gasteiger partial charge in [-0.2, -0.15) is 0 Å². The minimum Gasteiger partial charge on any atom is -0.481 e. The SMILES string of the molecule is CC(=CC=CC(C)CC1(C)OC(C)C(O)C(C)C1O)C1OC(CC(=O)O)CC(O)C1(C)O. The maximum absolute atomic E-state index is 11.0. The molecule has 5 N–H and O–H groups in total. The van der Waals surface area contributed by atoms with Crippen molar-refractivity contribution >= 4 is 5.97 Å². The monoisotopic (exact) mass is 456 g/mol. The highest BCUT2D eigenvalue weighted by molar-refractivity contribution is 5.67. The van der Waals surface area contributed by atoms with Crippen LogP contribution in [0, 0.1) is 11.8 Å². The molecule has 0 aromatic rings. The van der Waals surface area contributed by atoms with Crippen LogP contribution in [0.3, 0.4) is 0 Å². The van der Waals surface area contributed by atoms with Gasteiger partial charge in [0.2, 0.25) is 0 Å². The Bertz CT molecular complexity index is 717. The van der Waals surface area contributed by atoms with Gasteiger partial charge in [-0.3, -0.25) is 4.79 Å². The van der Waals surface area contributed by atoms with Crippen molar-refractivity contribution in [2.45, 2.75) is 109 Å². The summed E-state index contributed by atoms with van der Waals surface area (Å²) in [5.74, 6) is -1.26. The minimum absolute atomic E-state index is 0.0477. The van der Waals surface area contributed by atoms with Crippen molar-refractivity contribution in [3.05, 3.63) is 23.8 Å². The van der Waals surface area contributed by atoms with Gasteiger partial charge in [0.05, 0.1) is 42.5 Å². The summed E-state index contributed by atoms with van der Waals surface area (Å²) >= 11 is 0. The van der Waals surface area contributed by atoms with Gasteiger partial charge in [0.25, 0.3) is 0 Å². The Morgan fingerprint density at radius 1 is 1.22 bits per heavy atom. The van der Waals surface area contributed by atoms with Crippen LogP contribution in [0.5, 0.6) is 0 Å². The molecule has 0 bridgehead atoms. The second-order valence-electron chi connectivity index (χ2n) is 10.1. The van der Waals surface area contributed by atoms with Crippen molar-refractivity contribution in [1.29, 1.82) is 0 Å². The van der Waals surface area contributed by atoms with Gasteiger partial charge in [-0.05, 0) is 45.6 Å². The van der Waals surface area contributed by atoms with Crippen molar-refractivity contribution in [2.24, 2.45) is 11.8 Å². The lowest BCUT2D eigenvalue weighted by molar-refractivity contribution is -0.241. The lowest BCUT2D eigenvalue weighted by atomic mass is 9.77. The zero-order chi connectivity index (χ0) is 24.4. The molecule has 184 valence electrons. The number of hydrogen-bond acceptors (Lipinski definition) is 7. The number of aliphatic hydroxyl groups is 4. The molecule has 2 heterocycles. The number of ether oxygens (including phenoxy) is 2. The first kappa shape index (κ1) is 27.0. The van der Waals surface area contributed by atoms with E-state index in [4.69, 9.17) is 14.6 Å². The van der Waals surface area contributed by atoms with E-state index in [2.05, 4.69) is 0 Å². The van der Waals surface area contributed by atoms with E-state index in [0.717, 1.165) is 0 Å². The Morgan fingerprint density at radius 2 is 1.84 bits per heavy atom.